The lowest BCUT2D eigenvalue weighted by Gasteiger charge is -2.21. The summed E-state index contributed by atoms with van der Waals surface area (Å²) in [6.45, 7) is 4.72. The van der Waals surface area contributed by atoms with E-state index in [4.69, 9.17) is 26.5 Å². The lowest BCUT2D eigenvalue weighted by molar-refractivity contribution is 0.661. The summed E-state index contributed by atoms with van der Waals surface area (Å²) in [6, 6.07) is 141. The lowest BCUT2D eigenvalue weighted by atomic mass is 9.82. The maximum absolute atomic E-state index is 6.28. The van der Waals surface area contributed by atoms with Crippen LogP contribution in [0.4, 0.5) is 0 Å². The van der Waals surface area contributed by atoms with Gasteiger partial charge in [0, 0.05) is 179 Å². The van der Waals surface area contributed by atoms with Gasteiger partial charge in [0.15, 0.2) is 0 Å². The van der Waals surface area contributed by atoms with Crippen LogP contribution in [0.15, 0.2) is 421 Å². The molecule has 648 valence electrons. The van der Waals surface area contributed by atoms with Gasteiger partial charge in [0.1, 0.15) is 67.0 Å². The third-order valence-electron chi connectivity index (χ3n) is 31.8. The number of aromatic nitrogens is 5. The molecule has 15 heterocycles. The quantitative estimate of drug-likeness (QED) is 0.162. The third-order valence-corrected chi connectivity index (χ3v) is 31.8. The zero-order valence-electron chi connectivity index (χ0n) is 75.2. The topological polar surface area (TPSA) is 101 Å². The molecule has 11 nitrogen and oxygen atoms in total. The molecule has 0 saturated carbocycles. The molecule has 1 aliphatic rings. The molecular formula is C129H71N5O6. The molecular weight excluding hydrogens is 1720 g/mol. The van der Waals surface area contributed by atoms with E-state index in [1.807, 2.05) is 60.7 Å². The SMILES string of the molecule is CC1(C)c2ccccc2-c2cc3c4cccc5c6c7c(ccc6n(c3cc21)c45)oc1ccccc17.c1ccc(-n2c3ccccc3c3cc4c5cccc6c7c8c(ccc7n(c4cc32)c56)oc2ccccc28)cc1.c1ccc2c(c1)oc1cc3c(cc12)c1cccc2c4c5c(ccc4n3c12)oc1ccccc15.c1ccc2c(c1)oc1cc3c4cccc5c6c7c(ccc6n(c3cc12)c45)oc1ccccc17. The number of rotatable bonds is 1. The Hall–Kier alpha value is -18.6. The molecule has 0 amide bonds. The van der Waals surface area contributed by atoms with Gasteiger partial charge < -0.3 is 48.7 Å². The van der Waals surface area contributed by atoms with Gasteiger partial charge in [-0.15, -0.1) is 0 Å². The van der Waals surface area contributed by atoms with Gasteiger partial charge in [0.25, 0.3) is 0 Å². The Morgan fingerprint density at radius 3 is 0.929 bits per heavy atom. The molecule has 0 spiro atoms. The van der Waals surface area contributed by atoms with Crippen LogP contribution in [0.1, 0.15) is 25.0 Å². The predicted octanol–water partition coefficient (Wildman–Crippen LogP) is 36.1. The first kappa shape index (κ1) is 73.8. The van der Waals surface area contributed by atoms with Gasteiger partial charge in [0.05, 0.1) is 77.2 Å². The first-order valence-corrected chi connectivity index (χ1v) is 48.1. The smallest absolute Gasteiger partial charge is 0.137 e. The molecule has 15 aromatic heterocycles. The van der Waals surface area contributed by atoms with Crippen molar-refractivity contribution in [1.29, 1.82) is 0 Å². The number of hydrogen-bond donors (Lipinski definition) is 0. The van der Waals surface area contributed by atoms with Crippen molar-refractivity contribution < 1.29 is 26.5 Å². The molecule has 0 fully saturated rings. The van der Waals surface area contributed by atoms with Crippen LogP contribution < -0.4 is 0 Å². The van der Waals surface area contributed by atoms with Gasteiger partial charge in [-0.25, -0.2) is 0 Å². The molecule has 0 atom stereocenters. The molecule has 37 rings (SSSR count). The summed E-state index contributed by atoms with van der Waals surface area (Å²) in [7, 11) is 0. The van der Waals surface area contributed by atoms with Crippen LogP contribution in [0.25, 0.3) is 323 Å². The minimum absolute atomic E-state index is 0.0220. The van der Waals surface area contributed by atoms with Gasteiger partial charge in [-0.1, -0.05) is 257 Å². The predicted molar refractivity (Wildman–Crippen MR) is 580 cm³/mol. The van der Waals surface area contributed by atoms with Gasteiger partial charge in [-0.05, 0) is 168 Å². The lowest BCUT2D eigenvalue weighted by Crippen LogP contribution is -2.14. The maximum Gasteiger partial charge on any atom is 0.137 e. The molecule has 0 unspecified atom stereocenters. The van der Waals surface area contributed by atoms with E-state index in [0.29, 0.717) is 0 Å². The average Bonchev–Trinajstić information content (AvgIpc) is 1.53. The fourth-order valence-corrected chi connectivity index (χ4v) is 26.1. The minimum Gasteiger partial charge on any atom is -0.456 e. The molecule has 0 bridgehead atoms. The molecule has 21 aromatic carbocycles. The number of fused-ring (bicyclic) bond motifs is 52. The van der Waals surface area contributed by atoms with Crippen molar-refractivity contribution in [3.63, 3.8) is 0 Å². The number of hydrogen-bond acceptors (Lipinski definition) is 6. The number of nitrogens with zero attached hydrogens (tertiary/aromatic N) is 5. The monoisotopic (exact) mass is 1790 g/mol. The number of benzene rings is 21. The molecule has 0 aliphatic heterocycles. The highest BCUT2D eigenvalue weighted by atomic mass is 16.3. The molecule has 140 heavy (non-hydrogen) atoms. The highest BCUT2D eigenvalue weighted by Gasteiger charge is 2.38. The summed E-state index contributed by atoms with van der Waals surface area (Å²) in [6.07, 6.45) is 0. The fraction of sp³-hybridized carbons (Fsp3) is 0.0233. The van der Waals surface area contributed by atoms with Crippen molar-refractivity contribution in [2.45, 2.75) is 19.3 Å². The highest BCUT2D eigenvalue weighted by molar-refractivity contribution is 6.38. The van der Waals surface area contributed by atoms with Crippen LogP contribution in [0.3, 0.4) is 0 Å². The van der Waals surface area contributed by atoms with Crippen molar-refractivity contribution in [3.05, 3.63) is 405 Å². The summed E-state index contributed by atoms with van der Waals surface area (Å²) in [4.78, 5) is 0. The molecule has 0 radical (unpaired) electrons. The molecule has 0 N–H and O–H groups in total. The van der Waals surface area contributed by atoms with E-state index in [1.54, 1.807) is 0 Å². The van der Waals surface area contributed by atoms with Gasteiger partial charge >= 0.3 is 0 Å². The molecule has 0 saturated heterocycles. The Bertz CT molecular complexity index is 11900. The maximum atomic E-state index is 6.28. The third kappa shape index (κ3) is 9.25. The number of furan rings is 6. The second-order valence-electron chi connectivity index (χ2n) is 39.0. The van der Waals surface area contributed by atoms with Crippen molar-refractivity contribution in [2.24, 2.45) is 0 Å². The van der Waals surface area contributed by atoms with Crippen molar-refractivity contribution in [3.8, 4) is 16.8 Å². The Morgan fingerprint density at radius 1 is 0.157 bits per heavy atom. The van der Waals surface area contributed by atoms with Crippen LogP contribution in [0, 0.1) is 0 Å². The summed E-state index contributed by atoms with van der Waals surface area (Å²) >= 11 is 0. The minimum atomic E-state index is -0.0220. The zero-order valence-corrected chi connectivity index (χ0v) is 75.2. The van der Waals surface area contributed by atoms with E-state index in [2.05, 4.69) is 370 Å². The van der Waals surface area contributed by atoms with E-state index in [1.165, 1.54) is 245 Å². The standard InChI is InChI=1S/C36H20N2O.C33H21NO.2C30H15NO2/c1-2-9-21(10-3-1)37-28-15-6-4-11-22(28)26-19-27-23-13-8-14-25-34-29(38(36(23)25)31(27)20-30(26)37)17-18-33-35(34)24-12-5-7-16-32(24)39-33;1-33(2)24-12-5-3-8-18(24)22-16-23-19-10-7-11-21-30-26(34(32(19)21)27(23)17-25(22)33)14-15-29-31(30)20-9-4-6-13-28(20)35-29;1-3-10-24-16(6-1)21-14-23-20(15-27(21)33-24)17-8-5-9-19-28-22(31(23)30(17)19)12-13-26-29(28)18-7-2-4-11-25(18)32-26;1-3-10-24-16(6-1)21-14-20-17-8-5-9-19-28-22(31(30(17)19)23(20)15-27(21)33-24)12-13-26-29(28)18-7-2-4-11-25(18)32-26/h1-20H;3-17H,1-2H3;2*1-15H. The Labute approximate surface area is 790 Å². The van der Waals surface area contributed by atoms with Crippen LogP contribution in [0.2, 0.25) is 0 Å². The van der Waals surface area contributed by atoms with Crippen LogP contribution in [-0.4, -0.2) is 22.2 Å². The summed E-state index contributed by atoms with van der Waals surface area (Å²) in [5.41, 5.74) is 35.3. The van der Waals surface area contributed by atoms with E-state index < -0.39 is 0 Å². The molecule has 11 heteroatoms. The van der Waals surface area contributed by atoms with Crippen molar-refractivity contribution in [1.82, 2.24) is 22.2 Å². The first-order valence-electron chi connectivity index (χ1n) is 48.1. The van der Waals surface area contributed by atoms with Gasteiger partial charge in [-0.3, -0.25) is 0 Å². The van der Waals surface area contributed by atoms with Crippen molar-refractivity contribution in [2.75, 3.05) is 0 Å². The molecule has 36 aromatic rings. The van der Waals surface area contributed by atoms with E-state index in [0.717, 1.165) is 88.5 Å². The van der Waals surface area contributed by atoms with Crippen LogP contribution in [-0.2, 0) is 5.41 Å². The summed E-state index contributed by atoms with van der Waals surface area (Å²) in [5.74, 6) is 0. The van der Waals surface area contributed by atoms with Crippen LogP contribution >= 0.6 is 0 Å². The highest BCUT2D eigenvalue weighted by Crippen LogP contribution is 2.56. The largest absolute Gasteiger partial charge is 0.456 e. The average molecular weight is 1790 g/mol. The van der Waals surface area contributed by atoms with E-state index in [9.17, 15) is 0 Å². The van der Waals surface area contributed by atoms with E-state index in [-0.39, 0.29) is 5.41 Å². The van der Waals surface area contributed by atoms with Crippen LogP contribution in [0.5, 0.6) is 0 Å². The van der Waals surface area contributed by atoms with Gasteiger partial charge in [0.2, 0.25) is 0 Å². The Morgan fingerprint density at radius 2 is 0.471 bits per heavy atom. The van der Waals surface area contributed by atoms with Crippen molar-refractivity contribution >= 4 is 306 Å². The first-order chi connectivity index (χ1) is 69.2. The zero-order chi connectivity index (χ0) is 90.8. The molecule has 1 aliphatic carbocycles. The normalized spacial score (nSPS) is 13.3. The summed E-state index contributed by atoms with van der Waals surface area (Å²) < 4.78 is 49.6. The fourth-order valence-electron chi connectivity index (χ4n) is 26.1. The van der Waals surface area contributed by atoms with E-state index >= 15 is 0 Å². The second-order valence-corrected chi connectivity index (χ2v) is 39.0. The van der Waals surface area contributed by atoms with Gasteiger partial charge in [-0.2, -0.15) is 0 Å². The Balaban J connectivity index is 0.0000000816. The summed E-state index contributed by atoms with van der Waals surface area (Å²) in [5, 5.41) is 37.1. The number of para-hydroxylation sites is 12. The second kappa shape index (κ2) is 26.1. The Kier molecular flexibility index (Phi) is 13.8.